The van der Waals surface area contributed by atoms with Gasteiger partial charge in [-0.1, -0.05) is 0 Å². The van der Waals surface area contributed by atoms with E-state index in [9.17, 15) is 0 Å². The highest BCUT2D eigenvalue weighted by atomic mass is 32.1. The topological polar surface area (TPSA) is 37.4 Å². The fourth-order valence-corrected chi connectivity index (χ4v) is 1.93. The van der Waals surface area contributed by atoms with E-state index in [1.54, 1.807) is 11.3 Å². The van der Waals surface area contributed by atoms with Crippen molar-refractivity contribution in [1.29, 1.82) is 0 Å². The van der Waals surface area contributed by atoms with Crippen LogP contribution in [0.3, 0.4) is 0 Å². The molecule has 5 heteroatoms. The minimum Gasteiger partial charge on any atom is -0.379 e. The predicted molar refractivity (Wildman–Crippen MR) is 52.9 cm³/mol. The third-order valence-corrected chi connectivity index (χ3v) is 2.75. The number of aryl methyl sites for hydroxylation is 1. The molecule has 4 nitrogen and oxygen atoms in total. The molecular formula is C8H13N3OS. The molecule has 1 aliphatic rings. The maximum Gasteiger partial charge on any atom is 0.197 e. The first-order valence-electron chi connectivity index (χ1n) is 4.36. The van der Waals surface area contributed by atoms with E-state index in [0.717, 1.165) is 37.1 Å². The number of nitrogens with zero attached hydrogens (tertiary/aromatic N) is 2. The Morgan fingerprint density at radius 1 is 1.54 bits per heavy atom. The molecule has 1 aromatic rings. The zero-order chi connectivity index (χ0) is 9.10. The van der Waals surface area contributed by atoms with Gasteiger partial charge in [0.25, 0.3) is 0 Å². The predicted octanol–water partition coefficient (Wildman–Crippen LogP) is 1.11. The van der Waals surface area contributed by atoms with Gasteiger partial charge in [0.15, 0.2) is 5.13 Å². The maximum absolute atomic E-state index is 5.24. The van der Waals surface area contributed by atoms with Crippen molar-refractivity contribution in [2.75, 3.05) is 31.7 Å². The van der Waals surface area contributed by atoms with Gasteiger partial charge in [-0.05, 0) is 6.92 Å². The van der Waals surface area contributed by atoms with Gasteiger partial charge in [0, 0.05) is 18.5 Å². The van der Waals surface area contributed by atoms with Crippen molar-refractivity contribution >= 4 is 16.5 Å². The number of ether oxygens (including phenoxy) is 1. The number of hydrogen-bond donors (Lipinski definition) is 1. The number of hydrogen-bond acceptors (Lipinski definition) is 5. The molecule has 0 spiro atoms. The zero-order valence-electron chi connectivity index (χ0n) is 7.62. The Kier molecular flexibility index (Phi) is 2.77. The summed E-state index contributed by atoms with van der Waals surface area (Å²) in [5.74, 6) is 0. The van der Waals surface area contributed by atoms with Crippen LogP contribution in [0.5, 0.6) is 0 Å². The molecule has 1 N–H and O–H groups in total. The molecule has 0 saturated carbocycles. The van der Waals surface area contributed by atoms with Gasteiger partial charge < -0.3 is 4.74 Å². The van der Waals surface area contributed by atoms with E-state index < -0.39 is 0 Å². The lowest BCUT2D eigenvalue weighted by atomic mass is 10.5. The fourth-order valence-electron chi connectivity index (χ4n) is 1.22. The van der Waals surface area contributed by atoms with Gasteiger partial charge in [-0.3, -0.25) is 5.43 Å². The lowest BCUT2D eigenvalue weighted by molar-refractivity contribution is 0.0497. The van der Waals surface area contributed by atoms with E-state index in [1.807, 2.05) is 12.3 Å². The van der Waals surface area contributed by atoms with Crippen LogP contribution in [-0.4, -0.2) is 36.3 Å². The first-order chi connectivity index (χ1) is 6.34. The number of hydrazine groups is 1. The number of nitrogens with one attached hydrogen (secondary N) is 1. The van der Waals surface area contributed by atoms with Gasteiger partial charge >= 0.3 is 0 Å². The summed E-state index contributed by atoms with van der Waals surface area (Å²) in [5, 5.41) is 5.16. The molecule has 0 amide bonds. The Morgan fingerprint density at radius 2 is 2.31 bits per heavy atom. The van der Waals surface area contributed by atoms with Crippen molar-refractivity contribution in [2.45, 2.75) is 6.92 Å². The minimum atomic E-state index is 0.803. The number of aromatic nitrogens is 1. The summed E-state index contributed by atoms with van der Waals surface area (Å²) in [6.45, 7) is 5.47. The normalized spacial score (nSPS) is 18.8. The molecule has 2 heterocycles. The lowest BCUT2D eigenvalue weighted by Gasteiger charge is -2.26. The van der Waals surface area contributed by atoms with E-state index in [2.05, 4.69) is 15.4 Å². The van der Waals surface area contributed by atoms with Crippen LogP contribution in [0.2, 0.25) is 0 Å². The van der Waals surface area contributed by atoms with Crippen LogP contribution in [0.4, 0.5) is 5.13 Å². The molecule has 1 saturated heterocycles. The second-order valence-corrected chi connectivity index (χ2v) is 3.86. The van der Waals surface area contributed by atoms with E-state index >= 15 is 0 Å². The number of morpholine rings is 1. The molecule has 0 unspecified atom stereocenters. The Morgan fingerprint density at radius 3 is 2.92 bits per heavy atom. The monoisotopic (exact) mass is 199 g/mol. The van der Waals surface area contributed by atoms with E-state index in [1.165, 1.54) is 0 Å². The van der Waals surface area contributed by atoms with Crippen LogP contribution < -0.4 is 5.43 Å². The van der Waals surface area contributed by atoms with E-state index in [4.69, 9.17) is 4.74 Å². The summed E-state index contributed by atoms with van der Waals surface area (Å²) >= 11 is 1.64. The number of rotatable bonds is 2. The van der Waals surface area contributed by atoms with Gasteiger partial charge in [0.05, 0.1) is 18.9 Å². The van der Waals surface area contributed by atoms with Crippen molar-refractivity contribution in [1.82, 2.24) is 9.99 Å². The Balaban J connectivity index is 1.89. The summed E-state index contributed by atoms with van der Waals surface area (Å²) in [5.41, 5.74) is 4.33. The molecular weight excluding hydrogens is 186 g/mol. The number of anilines is 1. The van der Waals surface area contributed by atoms with Crippen molar-refractivity contribution in [2.24, 2.45) is 0 Å². The van der Waals surface area contributed by atoms with Gasteiger partial charge in [-0.25, -0.2) is 9.99 Å². The van der Waals surface area contributed by atoms with Crippen LogP contribution in [0.15, 0.2) is 5.38 Å². The number of thiazole rings is 1. The average molecular weight is 199 g/mol. The third kappa shape index (κ3) is 2.40. The quantitative estimate of drug-likeness (QED) is 0.774. The van der Waals surface area contributed by atoms with Crippen LogP contribution in [-0.2, 0) is 4.74 Å². The smallest absolute Gasteiger partial charge is 0.197 e. The minimum absolute atomic E-state index is 0.803. The second-order valence-electron chi connectivity index (χ2n) is 3.01. The highest BCUT2D eigenvalue weighted by Gasteiger charge is 2.10. The summed E-state index contributed by atoms with van der Waals surface area (Å²) in [6, 6.07) is 0. The lowest BCUT2D eigenvalue weighted by Crippen LogP contribution is -2.40. The van der Waals surface area contributed by atoms with Crippen LogP contribution in [0, 0.1) is 6.92 Å². The Labute approximate surface area is 81.5 Å². The third-order valence-electron chi connectivity index (χ3n) is 1.88. The molecule has 2 rings (SSSR count). The Hall–Kier alpha value is -0.650. The second kappa shape index (κ2) is 4.04. The average Bonchev–Trinajstić information content (AvgIpc) is 2.53. The fraction of sp³-hybridized carbons (Fsp3) is 0.625. The highest BCUT2D eigenvalue weighted by Crippen LogP contribution is 2.15. The standard InChI is InChI=1S/C8H13N3OS/c1-7-6-13-8(9-7)10-11-2-4-12-5-3-11/h6H,2-5H2,1H3,(H,9,10). The maximum atomic E-state index is 5.24. The van der Waals surface area contributed by atoms with Gasteiger partial charge in [-0.2, -0.15) is 0 Å². The molecule has 0 atom stereocenters. The van der Waals surface area contributed by atoms with Crippen molar-refractivity contribution in [3.05, 3.63) is 11.1 Å². The van der Waals surface area contributed by atoms with Crippen LogP contribution in [0.1, 0.15) is 5.69 Å². The molecule has 0 radical (unpaired) electrons. The SMILES string of the molecule is Cc1csc(NN2CCOCC2)n1. The van der Waals surface area contributed by atoms with Gasteiger partial charge in [0.2, 0.25) is 0 Å². The van der Waals surface area contributed by atoms with Crippen LogP contribution in [0.25, 0.3) is 0 Å². The first-order valence-corrected chi connectivity index (χ1v) is 5.24. The molecule has 1 fully saturated rings. The van der Waals surface area contributed by atoms with E-state index in [0.29, 0.717) is 0 Å². The summed E-state index contributed by atoms with van der Waals surface area (Å²) < 4.78 is 5.24. The largest absolute Gasteiger partial charge is 0.379 e. The molecule has 1 aromatic heterocycles. The first kappa shape index (κ1) is 8.93. The van der Waals surface area contributed by atoms with Crippen molar-refractivity contribution < 1.29 is 4.74 Å². The molecule has 1 aliphatic heterocycles. The molecule has 72 valence electrons. The van der Waals surface area contributed by atoms with Gasteiger partial charge in [-0.15, -0.1) is 11.3 Å². The zero-order valence-corrected chi connectivity index (χ0v) is 8.43. The highest BCUT2D eigenvalue weighted by molar-refractivity contribution is 7.13. The van der Waals surface area contributed by atoms with E-state index in [-0.39, 0.29) is 0 Å². The summed E-state index contributed by atoms with van der Waals surface area (Å²) in [6.07, 6.45) is 0. The van der Waals surface area contributed by atoms with Gasteiger partial charge in [0.1, 0.15) is 0 Å². The summed E-state index contributed by atoms with van der Waals surface area (Å²) in [7, 11) is 0. The molecule has 0 aliphatic carbocycles. The van der Waals surface area contributed by atoms with Crippen molar-refractivity contribution in [3.63, 3.8) is 0 Å². The van der Waals surface area contributed by atoms with Crippen LogP contribution >= 0.6 is 11.3 Å². The Bertz CT molecular complexity index is 270. The molecule has 13 heavy (non-hydrogen) atoms. The molecule has 0 aromatic carbocycles. The molecule has 0 bridgehead atoms. The summed E-state index contributed by atoms with van der Waals surface area (Å²) in [4.78, 5) is 4.33. The van der Waals surface area contributed by atoms with Crippen molar-refractivity contribution in [3.8, 4) is 0 Å².